The Morgan fingerprint density at radius 1 is 1.14 bits per heavy atom. The number of benzene rings is 2. The predicted octanol–water partition coefficient (Wildman–Crippen LogP) is 8.08. The largest absolute Gasteiger partial charge is 0.493 e. The van der Waals surface area contributed by atoms with Gasteiger partial charge in [0.25, 0.3) is 0 Å². The summed E-state index contributed by atoms with van der Waals surface area (Å²) in [6.45, 7) is 9.16. The van der Waals surface area contributed by atoms with Crippen LogP contribution in [0.15, 0.2) is 82.8 Å². The Hall–Kier alpha value is -4.10. The monoisotopic (exact) mass is 519 g/mol. The fraction of sp³-hybridized carbons (Fsp3) is 0.200. The Morgan fingerprint density at radius 2 is 1.84 bits per heavy atom. The second-order valence-electron chi connectivity index (χ2n) is 7.66. The Labute approximate surface area is 222 Å². The zero-order valence-electron chi connectivity index (χ0n) is 21.9. The molecule has 37 heavy (non-hydrogen) atoms. The van der Waals surface area contributed by atoms with Gasteiger partial charge in [0.05, 0.1) is 17.7 Å². The number of hydrogen-bond donors (Lipinski definition) is 1. The van der Waals surface area contributed by atoms with Crippen LogP contribution in [0.4, 0.5) is 5.00 Å². The first-order chi connectivity index (χ1) is 18.0. The number of nitrogens with one attached hydrogen (secondary N) is 1. The number of methoxy groups -OCH3 is 1. The van der Waals surface area contributed by atoms with E-state index >= 15 is 0 Å². The first-order valence-electron chi connectivity index (χ1n) is 11.7. The van der Waals surface area contributed by atoms with Crippen molar-refractivity contribution in [2.24, 2.45) is 0 Å². The van der Waals surface area contributed by atoms with Crippen molar-refractivity contribution in [3.8, 4) is 22.8 Å². The van der Waals surface area contributed by atoms with E-state index in [4.69, 9.17) is 13.9 Å². The normalized spacial score (nSPS) is 10.4. The lowest BCUT2D eigenvalue weighted by Crippen LogP contribution is -1.97. The summed E-state index contributed by atoms with van der Waals surface area (Å²) in [7, 11) is 3.40. The molecule has 4 rings (SSSR count). The highest BCUT2D eigenvalue weighted by atomic mass is 32.1. The van der Waals surface area contributed by atoms with Gasteiger partial charge in [0, 0.05) is 23.4 Å². The fourth-order valence-corrected chi connectivity index (χ4v) is 4.19. The molecule has 0 spiro atoms. The van der Waals surface area contributed by atoms with Crippen molar-refractivity contribution >= 4 is 39.9 Å². The molecule has 0 aliphatic heterocycles. The molecule has 2 aromatic carbocycles. The molecule has 4 aromatic rings. The number of thiophene rings is 1. The number of allylic oxidation sites excluding steroid dienone is 3. The number of carbonyl (C=O) groups is 2. The number of aldehydes is 2. The van der Waals surface area contributed by atoms with E-state index in [1.807, 2.05) is 74.7 Å². The number of hydrogen-bond acceptors (Lipinski definition) is 7. The van der Waals surface area contributed by atoms with E-state index in [9.17, 15) is 9.59 Å². The van der Waals surface area contributed by atoms with E-state index in [-0.39, 0.29) is 0 Å². The van der Waals surface area contributed by atoms with Gasteiger partial charge in [0.1, 0.15) is 11.5 Å². The van der Waals surface area contributed by atoms with Gasteiger partial charge in [-0.1, -0.05) is 43.3 Å². The highest BCUT2D eigenvalue weighted by molar-refractivity contribution is 7.15. The van der Waals surface area contributed by atoms with Crippen molar-refractivity contribution in [2.45, 2.75) is 27.2 Å². The summed E-state index contributed by atoms with van der Waals surface area (Å²) in [5.41, 5.74) is 3.14. The lowest BCUT2D eigenvalue weighted by atomic mass is 10.1. The molecule has 7 heteroatoms. The average molecular weight is 520 g/mol. The van der Waals surface area contributed by atoms with Crippen LogP contribution in [0, 0.1) is 6.92 Å². The summed E-state index contributed by atoms with van der Waals surface area (Å²) in [4.78, 5) is 21.9. The first kappa shape index (κ1) is 29.1. The van der Waals surface area contributed by atoms with E-state index in [0.717, 1.165) is 46.3 Å². The van der Waals surface area contributed by atoms with Crippen molar-refractivity contribution in [1.82, 2.24) is 0 Å². The first-order valence-corrected chi connectivity index (χ1v) is 12.6. The zero-order chi connectivity index (χ0) is 27.2. The van der Waals surface area contributed by atoms with Crippen LogP contribution in [-0.4, -0.2) is 26.7 Å². The van der Waals surface area contributed by atoms with Gasteiger partial charge >= 0.3 is 0 Å². The molecule has 0 aliphatic carbocycles. The Morgan fingerprint density at radius 3 is 2.43 bits per heavy atom. The van der Waals surface area contributed by atoms with Gasteiger partial charge < -0.3 is 19.2 Å². The fourth-order valence-electron chi connectivity index (χ4n) is 3.31. The number of anilines is 1. The van der Waals surface area contributed by atoms with Crippen molar-refractivity contribution < 1.29 is 23.5 Å². The molecule has 0 amide bonds. The van der Waals surface area contributed by atoms with Gasteiger partial charge in [-0.05, 0) is 50.1 Å². The highest BCUT2D eigenvalue weighted by Gasteiger charge is 2.17. The van der Waals surface area contributed by atoms with Crippen molar-refractivity contribution in [1.29, 1.82) is 0 Å². The average Bonchev–Trinajstić information content (AvgIpc) is 3.54. The maximum absolute atomic E-state index is 11.3. The minimum absolute atomic E-state index is 0.377. The van der Waals surface area contributed by atoms with Crippen LogP contribution in [0.1, 0.15) is 36.2 Å². The van der Waals surface area contributed by atoms with E-state index < -0.39 is 0 Å². The van der Waals surface area contributed by atoms with Gasteiger partial charge in [-0.15, -0.1) is 17.9 Å². The standard InChI is InChI=1S/C15H13NO3S.C12H14O2.C3H6/c1-16-15-10(7-17)11(8-20-15)13-6-9-4-3-5-12(18-2)14(9)19-13;1-3-6-11(9-13)14-12-8-5-4-7-10(12)2;1-3-2/h3-8,16H,1-2H3;4-9H,3H2,1-2H3;3H,1H2,2H3/b;11-6-;. The molecule has 0 atom stereocenters. The van der Waals surface area contributed by atoms with Crippen LogP contribution in [0.5, 0.6) is 11.5 Å². The van der Waals surface area contributed by atoms with Crippen molar-refractivity contribution in [2.75, 3.05) is 19.5 Å². The molecule has 2 heterocycles. The summed E-state index contributed by atoms with van der Waals surface area (Å²) >= 11 is 1.48. The molecule has 0 radical (unpaired) electrons. The molecular formula is C30H33NO5S. The third kappa shape index (κ3) is 7.69. The number of furan rings is 1. The molecule has 0 saturated carbocycles. The van der Waals surface area contributed by atoms with Gasteiger partial charge in [-0.3, -0.25) is 9.59 Å². The van der Waals surface area contributed by atoms with Crippen LogP contribution in [-0.2, 0) is 4.79 Å². The SMILES string of the molecule is C=CC.CC/C=C(/C=O)Oc1ccccc1C.CNc1scc(-c2cc3cccc(OC)c3o2)c1C=O. The molecule has 1 N–H and O–H groups in total. The number of ether oxygens (including phenoxy) is 2. The molecule has 194 valence electrons. The number of carbonyl (C=O) groups excluding carboxylic acids is 2. The van der Waals surface area contributed by atoms with E-state index in [2.05, 4.69) is 11.9 Å². The molecule has 0 bridgehead atoms. The summed E-state index contributed by atoms with van der Waals surface area (Å²) < 4.78 is 16.6. The maximum atomic E-state index is 11.3. The second-order valence-corrected chi connectivity index (χ2v) is 8.54. The predicted molar refractivity (Wildman–Crippen MR) is 153 cm³/mol. The number of rotatable bonds is 8. The van der Waals surface area contributed by atoms with Crippen LogP contribution in [0.25, 0.3) is 22.3 Å². The smallest absolute Gasteiger partial charge is 0.184 e. The number of fused-ring (bicyclic) bond motifs is 1. The maximum Gasteiger partial charge on any atom is 0.184 e. The molecule has 0 unspecified atom stereocenters. The molecule has 2 aromatic heterocycles. The van der Waals surface area contributed by atoms with Gasteiger partial charge in [0.2, 0.25) is 0 Å². The summed E-state index contributed by atoms with van der Waals surface area (Å²) in [5.74, 6) is 2.47. The van der Waals surface area contributed by atoms with Crippen LogP contribution < -0.4 is 14.8 Å². The second kappa shape index (κ2) is 15.1. The Balaban J connectivity index is 0.000000248. The van der Waals surface area contributed by atoms with Gasteiger partial charge in [0.15, 0.2) is 29.7 Å². The quantitative estimate of drug-likeness (QED) is 0.110. The van der Waals surface area contributed by atoms with Crippen molar-refractivity contribution in [3.05, 3.63) is 89.5 Å². The number of aryl methyl sites for hydroxylation is 1. The van der Waals surface area contributed by atoms with Crippen molar-refractivity contribution in [3.63, 3.8) is 0 Å². The number of para-hydroxylation sites is 2. The minimum Gasteiger partial charge on any atom is -0.493 e. The van der Waals surface area contributed by atoms with E-state index in [1.165, 1.54) is 11.3 Å². The molecule has 0 aliphatic rings. The minimum atomic E-state index is 0.377. The summed E-state index contributed by atoms with van der Waals surface area (Å²) in [6, 6.07) is 15.3. The van der Waals surface area contributed by atoms with E-state index in [0.29, 0.717) is 28.4 Å². The van der Waals surface area contributed by atoms with Gasteiger partial charge in [-0.2, -0.15) is 0 Å². The molecular weight excluding hydrogens is 486 g/mol. The summed E-state index contributed by atoms with van der Waals surface area (Å²) in [5, 5.41) is 6.72. The Bertz CT molecular complexity index is 1350. The van der Waals surface area contributed by atoms with E-state index in [1.54, 1.807) is 26.3 Å². The summed E-state index contributed by atoms with van der Waals surface area (Å²) in [6.07, 6.45) is 5.89. The zero-order valence-corrected chi connectivity index (χ0v) is 22.7. The van der Waals surface area contributed by atoms with Gasteiger partial charge in [-0.25, -0.2) is 0 Å². The third-order valence-electron chi connectivity index (χ3n) is 5.01. The van der Waals surface area contributed by atoms with Crippen LogP contribution in [0.3, 0.4) is 0 Å². The van der Waals surface area contributed by atoms with Crippen LogP contribution in [0.2, 0.25) is 0 Å². The molecule has 6 nitrogen and oxygen atoms in total. The Kier molecular flexibility index (Phi) is 11.9. The topological polar surface area (TPSA) is 77.8 Å². The molecule has 0 saturated heterocycles. The third-order valence-corrected chi connectivity index (χ3v) is 6.02. The lowest BCUT2D eigenvalue weighted by molar-refractivity contribution is -0.106. The van der Waals surface area contributed by atoms with Crippen LogP contribution >= 0.6 is 11.3 Å². The lowest BCUT2D eigenvalue weighted by Gasteiger charge is -2.06. The highest BCUT2D eigenvalue weighted by Crippen LogP contribution is 2.38. The molecule has 0 fully saturated rings.